The number of aliphatic carboxylic acids is 1. The summed E-state index contributed by atoms with van der Waals surface area (Å²) in [5.41, 5.74) is 0. The number of carboxylic acid groups (broad SMARTS) is 1. The third kappa shape index (κ3) is 10.3. The summed E-state index contributed by atoms with van der Waals surface area (Å²) in [7, 11) is 0. The molecule has 6 nitrogen and oxygen atoms in total. The van der Waals surface area contributed by atoms with Gasteiger partial charge in [0.2, 0.25) is 0 Å². The predicted octanol–water partition coefficient (Wildman–Crippen LogP) is 1.34. The highest BCUT2D eigenvalue weighted by atomic mass is 16.4. The van der Waals surface area contributed by atoms with Gasteiger partial charge in [0.1, 0.15) is 0 Å². The molecule has 0 spiro atoms. The molecule has 0 aliphatic heterocycles. The molecule has 0 saturated heterocycles. The van der Waals surface area contributed by atoms with E-state index in [0.29, 0.717) is 5.92 Å². The van der Waals surface area contributed by atoms with Crippen molar-refractivity contribution in [2.75, 3.05) is 6.54 Å². The van der Waals surface area contributed by atoms with Crippen molar-refractivity contribution < 1.29 is 19.8 Å². The van der Waals surface area contributed by atoms with Gasteiger partial charge in [-0.05, 0) is 19.3 Å². The van der Waals surface area contributed by atoms with Crippen molar-refractivity contribution >= 4 is 12.0 Å². The van der Waals surface area contributed by atoms with Crippen LogP contribution in [-0.2, 0) is 4.79 Å². The molecular weight excluding hydrogens is 248 g/mol. The number of urea groups is 1. The van der Waals surface area contributed by atoms with Gasteiger partial charge >= 0.3 is 12.0 Å². The smallest absolute Gasteiger partial charge is 0.332 e. The van der Waals surface area contributed by atoms with Crippen LogP contribution in [-0.4, -0.2) is 40.9 Å². The van der Waals surface area contributed by atoms with Crippen molar-refractivity contribution in [1.82, 2.24) is 10.6 Å². The molecule has 0 fully saturated rings. The summed E-state index contributed by atoms with van der Waals surface area (Å²) in [5.74, 6) is -0.609. The van der Waals surface area contributed by atoms with Crippen LogP contribution in [0, 0.1) is 5.92 Å². The maximum absolute atomic E-state index is 11.5. The largest absolute Gasteiger partial charge is 0.479 e. The average molecular weight is 274 g/mol. The fourth-order valence-corrected chi connectivity index (χ4v) is 1.63. The Morgan fingerprint density at radius 1 is 1.11 bits per heavy atom. The molecule has 0 aromatic rings. The highest BCUT2D eigenvalue weighted by Crippen LogP contribution is 2.07. The molecule has 112 valence electrons. The summed E-state index contributed by atoms with van der Waals surface area (Å²) in [4.78, 5) is 21.8. The predicted molar refractivity (Wildman–Crippen MR) is 72.9 cm³/mol. The topological polar surface area (TPSA) is 98.7 Å². The molecule has 2 amide bonds. The Bertz CT molecular complexity index is 282. The van der Waals surface area contributed by atoms with Crippen LogP contribution < -0.4 is 10.6 Å². The molecule has 2 atom stereocenters. The second kappa shape index (κ2) is 9.61. The van der Waals surface area contributed by atoms with Crippen LogP contribution in [0.2, 0.25) is 0 Å². The molecule has 0 aromatic carbocycles. The summed E-state index contributed by atoms with van der Waals surface area (Å²) in [6.07, 6.45) is 1.70. The number of carbonyl (C=O) groups is 2. The number of aliphatic hydroxyl groups excluding tert-OH is 1. The van der Waals surface area contributed by atoms with Crippen LogP contribution in [0.3, 0.4) is 0 Å². The van der Waals surface area contributed by atoms with Gasteiger partial charge < -0.3 is 20.8 Å². The Balaban J connectivity index is 3.65. The Morgan fingerprint density at radius 2 is 1.74 bits per heavy atom. The zero-order valence-electron chi connectivity index (χ0n) is 12.0. The Morgan fingerprint density at radius 3 is 2.26 bits per heavy atom. The van der Waals surface area contributed by atoms with E-state index in [9.17, 15) is 9.59 Å². The number of carbonyl (C=O) groups excluding carboxylic acids is 1. The summed E-state index contributed by atoms with van der Waals surface area (Å²) in [6.45, 7) is 6.40. The van der Waals surface area contributed by atoms with Crippen LogP contribution in [0.25, 0.3) is 0 Å². The zero-order chi connectivity index (χ0) is 14.8. The molecular formula is C13H26N2O4. The number of nitrogens with one attached hydrogen (secondary N) is 2. The number of hydrogen-bond acceptors (Lipinski definition) is 3. The van der Waals surface area contributed by atoms with Crippen LogP contribution in [0.5, 0.6) is 0 Å². The monoisotopic (exact) mass is 274 g/mol. The Kier molecular flexibility index (Phi) is 8.95. The van der Waals surface area contributed by atoms with Gasteiger partial charge in [-0.1, -0.05) is 26.7 Å². The number of rotatable bonds is 9. The molecule has 6 heteroatoms. The lowest BCUT2D eigenvalue weighted by Crippen LogP contribution is -2.42. The first kappa shape index (κ1) is 17.7. The van der Waals surface area contributed by atoms with Gasteiger partial charge in [0.05, 0.1) is 0 Å². The van der Waals surface area contributed by atoms with Crippen molar-refractivity contribution in [3.63, 3.8) is 0 Å². The lowest BCUT2D eigenvalue weighted by atomic mass is 10.0. The molecule has 0 aromatic heterocycles. The van der Waals surface area contributed by atoms with Crippen LogP contribution in [0.1, 0.15) is 46.5 Å². The van der Waals surface area contributed by atoms with E-state index in [1.807, 2.05) is 6.92 Å². The first-order valence-corrected chi connectivity index (χ1v) is 6.78. The quantitative estimate of drug-likeness (QED) is 0.510. The summed E-state index contributed by atoms with van der Waals surface area (Å²) in [6, 6.07) is -0.238. The minimum absolute atomic E-state index is 0.00445. The molecule has 2 unspecified atom stereocenters. The summed E-state index contributed by atoms with van der Waals surface area (Å²) in [5, 5.41) is 22.8. The van der Waals surface area contributed by atoms with E-state index >= 15 is 0 Å². The van der Waals surface area contributed by atoms with Gasteiger partial charge in [0.15, 0.2) is 6.10 Å². The molecule has 4 N–H and O–H groups in total. The molecule has 19 heavy (non-hydrogen) atoms. The zero-order valence-corrected chi connectivity index (χ0v) is 12.0. The lowest BCUT2D eigenvalue weighted by molar-refractivity contribution is -0.146. The second-order valence-corrected chi connectivity index (χ2v) is 5.27. The third-order valence-corrected chi connectivity index (χ3v) is 2.78. The number of amides is 2. The van der Waals surface area contributed by atoms with Gasteiger partial charge in [-0.15, -0.1) is 0 Å². The van der Waals surface area contributed by atoms with Crippen molar-refractivity contribution in [2.24, 2.45) is 5.92 Å². The van der Waals surface area contributed by atoms with Crippen molar-refractivity contribution in [1.29, 1.82) is 0 Å². The van der Waals surface area contributed by atoms with E-state index in [4.69, 9.17) is 10.2 Å². The molecule has 0 radical (unpaired) electrons. The third-order valence-electron chi connectivity index (χ3n) is 2.78. The summed E-state index contributed by atoms with van der Waals surface area (Å²) < 4.78 is 0. The molecule has 0 saturated carbocycles. The molecule has 0 rings (SSSR count). The molecule has 0 heterocycles. The van der Waals surface area contributed by atoms with Crippen molar-refractivity contribution in [3.8, 4) is 0 Å². The fourth-order valence-electron chi connectivity index (χ4n) is 1.63. The number of hydrogen-bond donors (Lipinski definition) is 4. The Labute approximate surface area is 114 Å². The summed E-state index contributed by atoms with van der Waals surface area (Å²) >= 11 is 0. The van der Waals surface area contributed by atoms with E-state index in [2.05, 4.69) is 24.5 Å². The number of carboxylic acids is 1. The number of aliphatic hydroxyl groups is 1. The van der Waals surface area contributed by atoms with Gasteiger partial charge in [-0.3, -0.25) is 0 Å². The highest BCUT2D eigenvalue weighted by molar-refractivity contribution is 5.74. The standard InChI is InChI=1S/C13H26N2O4/c1-9(2)5-4-6-10(3)15-13(19)14-8-7-11(16)12(17)18/h9-11,16H,4-8H2,1-3H3,(H,17,18)(H2,14,15,19). The molecule has 0 aliphatic carbocycles. The Hall–Kier alpha value is -1.30. The van der Waals surface area contributed by atoms with Gasteiger partial charge in [0.25, 0.3) is 0 Å². The van der Waals surface area contributed by atoms with Crippen molar-refractivity contribution in [3.05, 3.63) is 0 Å². The SMILES string of the molecule is CC(C)CCCC(C)NC(=O)NCCC(O)C(=O)O. The van der Waals surface area contributed by atoms with Crippen molar-refractivity contribution in [2.45, 2.75) is 58.6 Å². The molecule has 0 aliphatic rings. The van der Waals surface area contributed by atoms with E-state index in [1.54, 1.807) is 0 Å². The van der Waals surface area contributed by atoms with Gasteiger partial charge in [-0.25, -0.2) is 9.59 Å². The van der Waals surface area contributed by atoms with Gasteiger partial charge in [0, 0.05) is 19.0 Å². The van der Waals surface area contributed by atoms with Crippen LogP contribution in [0.15, 0.2) is 0 Å². The minimum atomic E-state index is -1.43. The first-order chi connectivity index (χ1) is 8.82. The average Bonchev–Trinajstić information content (AvgIpc) is 2.27. The maximum atomic E-state index is 11.5. The van der Waals surface area contributed by atoms with E-state index in [-0.39, 0.29) is 25.0 Å². The van der Waals surface area contributed by atoms with Crippen LogP contribution >= 0.6 is 0 Å². The van der Waals surface area contributed by atoms with Crippen LogP contribution in [0.4, 0.5) is 4.79 Å². The van der Waals surface area contributed by atoms with E-state index in [1.165, 1.54) is 0 Å². The van der Waals surface area contributed by atoms with Gasteiger partial charge in [-0.2, -0.15) is 0 Å². The first-order valence-electron chi connectivity index (χ1n) is 6.78. The second-order valence-electron chi connectivity index (χ2n) is 5.27. The minimum Gasteiger partial charge on any atom is -0.479 e. The fraction of sp³-hybridized carbons (Fsp3) is 0.846. The normalized spacial score (nSPS) is 13.9. The van der Waals surface area contributed by atoms with E-state index in [0.717, 1.165) is 19.3 Å². The highest BCUT2D eigenvalue weighted by Gasteiger charge is 2.13. The molecule has 0 bridgehead atoms. The lowest BCUT2D eigenvalue weighted by Gasteiger charge is -2.15. The maximum Gasteiger partial charge on any atom is 0.332 e. The van der Waals surface area contributed by atoms with E-state index < -0.39 is 12.1 Å².